The third-order valence-corrected chi connectivity index (χ3v) is 5.08. The van der Waals surface area contributed by atoms with Crippen LogP contribution in [-0.2, 0) is 13.0 Å². The smallest absolute Gasteiger partial charge is 0.153 e. The molecule has 6 nitrogen and oxygen atoms in total. The lowest BCUT2D eigenvalue weighted by Crippen LogP contribution is -2.35. The SMILES string of the molecule is CCN1CCc2c(c(C#N)nc(N3CCCCC3)c2NCCO)C1. The molecule has 1 aromatic heterocycles. The average Bonchev–Trinajstić information content (AvgIpc) is 2.65. The Labute approximate surface area is 144 Å². The molecule has 3 rings (SSSR count). The van der Waals surface area contributed by atoms with E-state index < -0.39 is 0 Å². The second-order valence-corrected chi connectivity index (χ2v) is 6.54. The molecule has 1 aromatic rings. The van der Waals surface area contributed by atoms with E-state index in [1.807, 2.05) is 0 Å². The first-order chi connectivity index (χ1) is 11.8. The summed E-state index contributed by atoms with van der Waals surface area (Å²) >= 11 is 0. The summed E-state index contributed by atoms with van der Waals surface area (Å²) in [6, 6.07) is 2.32. The van der Waals surface area contributed by atoms with Gasteiger partial charge in [-0.25, -0.2) is 4.98 Å². The number of nitrogens with zero attached hydrogens (tertiary/aromatic N) is 4. The fourth-order valence-electron chi connectivity index (χ4n) is 3.74. The summed E-state index contributed by atoms with van der Waals surface area (Å²) in [4.78, 5) is 9.39. The first-order valence-corrected chi connectivity index (χ1v) is 9.06. The second kappa shape index (κ2) is 7.82. The van der Waals surface area contributed by atoms with Gasteiger partial charge in [-0.3, -0.25) is 4.90 Å². The first-order valence-electron chi connectivity index (χ1n) is 9.06. The Kier molecular flexibility index (Phi) is 5.54. The van der Waals surface area contributed by atoms with Crippen molar-refractivity contribution in [2.45, 2.75) is 39.2 Å². The van der Waals surface area contributed by atoms with Gasteiger partial charge in [-0.15, -0.1) is 0 Å². The summed E-state index contributed by atoms with van der Waals surface area (Å²) in [5.74, 6) is 0.906. The van der Waals surface area contributed by atoms with Gasteiger partial charge in [0, 0.05) is 38.3 Å². The lowest BCUT2D eigenvalue weighted by molar-refractivity contribution is 0.267. The molecular weight excluding hydrogens is 302 g/mol. The second-order valence-electron chi connectivity index (χ2n) is 6.54. The maximum absolute atomic E-state index is 9.63. The number of fused-ring (bicyclic) bond motifs is 1. The van der Waals surface area contributed by atoms with Gasteiger partial charge < -0.3 is 15.3 Å². The van der Waals surface area contributed by atoms with E-state index in [1.54, 1.807) is 0 Å². The zero-order chi connectivity index (χ0) is 16.9. The summed E-state index contributed by atoms with van der Waals surface area (Å²) in [6.45, 7) is 7.52. The Hall–Kier alpha value is -1.84. The van der Waals surface area contributed by atoms with Crippen LogP contribution >= 0.6 is 0 Å². The van der Waals surface area contributed by atoms with Crippen LogP contribution in [0.4, 0.5) is 11.5 Å². The molecule has 2 N–H and O–H groups in total. The molecule has 130 valence electrons. The van der Waals surface area contributed by atoms with Crippen molar-refractivity contribution in [3.8, 4) is 6.07 Å². The van der Waals surface area contributed by atoms with Gasteiger partial charge in [-0.05, 0) is 37.8 Å². The van der Waals surface area contributed by atoms with Crippen LogP contribution in [-0.4, -0.2) is 54.3 Å². The molecule has 0 atom stereocenters. The number of aromatic nitrogens is 1. The molecule has 0 bridgehead atoms. The van der Waals surface area contributed by atoms with Gasteiger partial charge in [0.1, 0.15) is 11.8 Å². The molecule has 0 saturated carbocycles. The molecule has 6 heteroatoms. The topological polar surface area (TPSA) is 75.4 Å². The fourth-order valence-corrected chi connectivity index (χ4v) is 3.74. The van der Waals surface area contributed by atoms with Crippen molar-refractivity contribution in [3.05, 3.63) is 16.8 Å². The molecule has 0 spiro atoms. The summed E-state index contributed by atoms with van der Waals surface area (Å²) < 4.78 is 0. The predicted octanol–water partition coefficient (Wildman–Crippen LogP) is 1.73. The lowest BCUT2D eigenvalue weighted by Gasteiger charge is -2.34. The van der Waals surface area contributed by atoms with Crippen LogP contribution in [0.15, 0.2) is 0 Å². The summed E-state index contributed by atoms with van der Waals surface area (Å²) in [7, 11) is 0. The normalized spacial score (nSPS) is 18.1. The highest BCUT2D eigenvalue weighted by Crippen LogP contribution is 2.36. The van der Waals surface area contributed by atoms with Crippen LogP contribution in [0.2, 0.25) is 0 Å². The Balaban J connectivity index is 2.06. The molecule has 0 amide bonds. The third kappa shape index (κ3) is 3.33. The number of anilines is 2. The highest BCUT2D eigenvalue weighted by Gasteiger charge is 2.27. The number of likely N-dealkylation sites (N-methyl/N-ethyl adjacent to an activating group) is 1. The minimum Gasteiger partial charge on any atom is -0.395 e. The van der Waals surface area contributed by atoms with Gasteiger partial charge in [0.05, 0.1) is 12.3 Å². The molecule has 1 saturated heterocycles. The van der Waals surface area contributed by atoms with Gasteiger partial charge in [0.2, 0.25) is 0 Å². The van der Waals surface area contributed by atoms with E-state index in [9.17, 15) is 10.4 Å². The van der Waals surface area contributed by atoms with E-state index in [4.69, 9.17) is 4.98 Å². The van der Waals surface area contributed by atoms with Crippen molar-refractivity contribution in [2.75, 3.05) is 49.5 Å². The number of hydrogen-bond donors (Lipinski definition) is 2. The maximum atomic E-state index is 9.63. The number of hydrogen-bond acceptors (Lipinski definition) is 6. The van der Waals surface area contributed by atoms with Crippen LogP contribution in [0.3, 0.4) is 0 Å². The standard InChI is InChI=1S/C18H27N5O/c1-2-22-10-6-14-15(13-22)16(12-19)21-18(17(14)20-7-11-24)23-8-4-3-5-9-23/h20,24H,2-11,13H2,1H3. The van der Waals surface area contributed by atoms with E-state index in [1.165, 1.54) is 24.8 Å². The molecule has 2 aliphatic rings. The zero-order valence-corrected chi connectivity index (χ0v) is 14.5. The minimum absolute atomic E-state index is 0.0926. The number of rotatable bonds is 5. The Morgan fingerprint density at radius 3 is 2.67 bits per heavy atom. The minimum atomic E-state index is 0.0926. The summed E-state index contributed by atoms with van der Waals surface area (Å²) in [6.07, 6.45) is 4.53. The molecule has 2 aliphatic heterocycles. The van der Waals surface area contributed by atoms with Crippen molar-refractivity contribution in [1.29, 1.82) is 5.26 Å². The van der Waals surface area contributed by atoms with Gasteiger partial charge in [0.25, 0.3) is 0 Å². The Morgan fingerprint density at radius 2 is 2.00 bits per heavy atom. The van der Waals surface area contributed by atoms with Gasteiger partial charge in [0.15, 0.2) is 5.82 Å². The number of aliphatic hydroxyl groups is 1. The van der Waals surface area contributed by atoms with E-state index >= 15 is 0 Å². The molecule has 0 aromatic carbocycles. The van der Waals surface area contributed by atoms with Crippen molar-refractivity contribution in [2.24, 2.45) is 0 Å². The van der Waals surface area contributed by atoms with E-state index in [0.717, 1.165) is 56.2 Å². The van der Waals surface area contributed by atoms with Gasteiger partial charge in [-0.2, -0.15) is 5.26 Å². The number of nitriles is 1. The van der Waals surface area contributed by atoms with Crippen LogP contribution < -0.4 is 10.2 Å². The number of nitrogens with one attached hydrogen (secondary N) is 1. The van der Waals surface area contributed by atoms with Crippen LogP contribution in [0.25, 0.3) is 0 Å². The zero-order valence-electron chi connectivity index (χ0n) is 14.5. The lowest BCUT2D eigenvalue weighted by atomic mass is 9.96. The molecular formula is C18H27N5O. The van der Waals surface area contributed by atoms with E-state index in [2.05, 4.69) is 28.1 Å². The largest absolute Gasteiger partial charge is 0.395 e. The highest BCUT2D eigenvalue weighted by atomic mass is 16.3. The van der Waals surface area contributed by atoms with Crippen molar-refractivity contribution >= 4 is 11.5 Å². The molecule has 24 heavy (non-hydrogen) atoms. The van der Waals surface area contributed by atoms with Crippen LogP contribution in [0.5, 0.6) is 0 Å². The average molecular weight is 329 g/mol. The van der Waals surface area contributed by atoms with Crippen molar-refractivity contribution < 1.29 is 5.11 Å². The van der Waals surface area contributed by atoms with Gasteiger partial charge in [-0.1, -0.05) is 6.92 Å². The molecule has 0 radical (unpaired) electrons. The summed E-state index contributed by atoms with van der Waals surface area (Å²) in [5, 5.41) is 22.3. The summed E-state index contributed by atoms with van der Waals surface area (Å²) in [5.41, 5.74) is 3.89. The van der Waals surface area contributed by atoms with Crippen molar-refractivity contribution in [1.82, 2.24) is 9.88 Å². The molecule has 0 unspecified atom stereocenters. The fraction of sp³-hybridized carbons (Fsp3) is 0.667. The van der Waals surface area contributed by atoms with Crippen LogP contribution in [0.1, 0.15) is 43.0 Å². The number of piperidine rings is 1. The molecule has 3 heterocycles. The predicted molar refractivity (Wildman–Crippen MR) is 95.2 cm³/mol. The van der Waals surface area contributed by atoms with Gasteiger partial charge >= 0.3 is 0 Å². The first kappa shape index (κ1) is 17.0. The monoisotopic (exact) mass is 329 g/mol. The highest BCUT2D eigenvalue weighted by molar-refractivity contribution is 5.74. The number of pyridine rings is 1. The number of aliphatic hydroxyl groups excluding tert-OH is 1. The Morgan fingerprint density at radius 1 is 1.21 bits per heavy atom. The van der Waals surface area contributed by atoms with E-state index in [-0.39, 0.29) is 6.61 Å². The van der Waals surface area contributed by atoms with E-state index in [0.29, 0.717) is 12.2 Å². The molecule has 1 fully saturated rings. The Bertz CT molecular complexity index is 619. The van der Waals surface area contributed by atoms with Crippen LogP contribution in [0, 0.1) is 11.3 Å². The molecule has 0 aliphatic carbocycles. The van der Waals surface area contributed by atoms with Crippen molar-refractivity contribution in [3.63, 3.8) is 0 Å². The maximum Gasteiger partial charge on any atom is 0.153 e. The quantitative estimate of drug-likeness (QED) is 0.857. The third-order valence-electron chi connectivity index (χ3n) is 5.08.